The van der Waals surface area contributed by atoms with E-state index in [1.807, 2.05) is 18.2 Å². The van der Waals surface area contributed by atoms with Crippen LogP contribution in [0.5, 0.6) is 5.75 Å². The number of carbonyl (C=O) groups excluding carboxylic acids is 1. The highest BCUT2D eigenvalue weighted by molar-refractivity contribution is 5.96. The summed E-state index contributed by atoms with van der Waals surface area (Å²) in [5.74, 6) is 2.50. The number of nitrogens with one attached hydrogen (secondary N) is 2. The van der Waals surface area contributed by atoms with Gasteiger partial charge in [-0.1, -0.05) is 12.8 Å². The van der Waals surface area contributed by atoms with E-state index < -0.39 is 0 Å². The first kappa shape index (κ1) is 17.6. The highest BCUT2D eigenvalue weighted by atomic mass is 16.5. The van der Waals surface area contributed by atoms with Crippen molar-refractivity contribution in [3.05, 3.63) is 24.0 Å². The molecule has 148 valence electrons. The zero-order valence-electron chi connectivity index (χ0n) is 16.1. The normalized spacial score (nSPS) is 26.7. The SMILES string of the molecule is COc1ccc(NC(=O)[C@@]23CCCC[C@H]2CNC3)cc1-n1nnnc1C1CC1. The number of benzene rings is 1. The summed E-state index contributed by atoms with van der Waals surface area (Å²) in [6.45, 7) is 1.71. The quantitative estimate of drug-likeness (QED) is 0.824. The standard InChI is InChI=1S/C20H26N6O2/c1-28-17-8-7-15(10-16(17)26-18(13-5-6-13)23-24-25-26)22-19(27)20-9-3-2-4-14(20)11-21-12-20/h7-8,10,13-14,21H,2-6,9,11-12H2,1H3,(H,22,27)/t14-,20+/m0/s1. The van der Waals surface area contributed by atoms with Crippen LogP contribution in [0.4, 0.5) is 5.69 Å². The molecular formula is C20H26N6O2. The monoisotopic (exact) mass is 382 g/mol. The molecule has 2 heterocycles. The van der Waals surface area contributed by atoms with Crippen molar-refractivity contribution in [1.29, 1.82) is 0 Å². The summed E-state index contributed by atoms with van der Waals surface area (Å²) >= 11 is 0. The number of anilines is 1. The molecule has 1 amide bonds. The van der Waals surface area contributed by atoms with Crippen LogP contribution < -0.4 is 15.4 Å². The molecule has 0 spiro atoms. The zero-order valence-corrected chi connectivity index (χ0v) is 16.1. The predicted molar refractivity (Wildman–Crippen MR) is 104 cm³/mol. The third-order valence-electron chi connectivity index (χ3n) is 6.59. The van der Waals surface area contributed by atoms with E-state index in [2.05, 4.69) is 26.2 Å². The molecule has 2 saturated carbocycles. The molecule has 2 atom stereocenters. The third-order valence-corrected chi connectivity index (χ3v) is 6.59. The molecule has 8 heteroatoms. The largest absolute Gasteiger partial charge is 0.494 e. The summed E-state index contributed by atoms with van der Waals surface area (Å²) in [4.78, 5) is 13.3. The number of carbonyl (C=O) groups is 1. The fourth-order valence-corrected chi connectivity index (χ4v) is 4.84. The number of ether oxygens (including phenoxy) is 1. The Morgan fingerprint density at radius 3 is 3.04 bits per heavy atom. The van der Waals surface area contributed by atoms with Crippen LogP contribution in [-0.4, -0.2) is 46.3 Å². The molecule has 1 aromatic carbocycles. The van der Waals surface area contributed by atoms with Gasteiger partial charge in [0.2, 0.25) is 5.91 Å². The lowest BCUT2D eigenvalue weighted by Crippen LogP contribution is -2.44. The Morgan fingerprint density at radius 2 is 2.21 bits per heavy atom. The molecule has 28 heavy (non-hydrogen) atoms. The molecule has 2 aliphatic carbocycles. The number of rotatable bonds is 5. The van der Waals surface area contributed by atoms with E-state index >= 15 is 0 Å². The Kier molecular flexibility index (Phi) is 4.30. The van der Waals surface area contributed by atoms with Crippen molar-refractivity contribution in [2.45, 2.75) is 44.4 Å². The summed E-state index contributed by atoms with van der Waals surface area (Å²) in [7, 11) is 1.63. The molecule has 3 fully saturated rings. The first-order valence-corrected chi connectivity index (χ1v) is 10.2. The Hall–Kier alpha value is -2.48. The molecule has 1 aromatic heterocycles. The maximum atomic E-state index is 13.3. The van der Waals surface area contributed by atoms with Gasteiger partial charge in [-0.05, 0) is 66.8 Å². The van der Waals surface area contributed by atoms with Crippen molar-refractivity contribution in [3.8, 4) is 11.4 Å². The van der Waals surface area contributed by atoms with Crippen molar-refractivity contribution in [2.75, 3.05) is 25.5 Å². The fraction of sp³-hybridized carbons (Fsp3) is 0.600. The van der Waals surface area contributed by atoms with Crippen molar-refractivity contribution >= 4 is 11.6 Å². The molecule has 8 nitrogen and oxygen atoms in total. The number of tetrazole rings is 1. The summed E-state index contributed by atoms with van der Waals surface area (Å²) in [5, 5.41) is 18.8. The summed E-state index contributed by atoms with van der Waals surface area (Å²) in [6.07, 6.45) is 6.64. The molecular weight excluding hydrogens is 356 g/mol. The van der Waals surface area contributed by atoms with Crippen LogP contribution in [0, 0.1) is 11.3 Å². The van der Waals surface area contributed by atoms with Gasteiger partial charge in [-0.15, -0.1) is 5.10 Å². The number of amides is 1. The molecule has 1 aliphatic heterocycles. The van der Waals surface area contributed by atoms with Crippen molar-refractivity contribution < 1.29 is 9.53 Å². The number of hydrogen-bond acceptors (Lipinski definition) is 6. The smallest absolute Gasteiger partial charge is 0.232 e. The molecule has 3 aliphatic rings. The van der Waals surface area contributed by atoms with Crippen molar-refractivity contribution in [1.82, 2.24) is 25.5 Å². The van der Waals surface area contributed by atoms with Crippen LogP contribution in [0.3, 0.4) is 0 Å². The van der Waals surface area contributed by atoms with Crippen LogP contribution in [0.15, 0.2) is 18.2 Å². The van der Waals surface area contributed by atoms with Gasteiger partial charge >= 0.3 is 0 Å². The highest BCUT2D eigenvalue weighted by Gasteiger charge is 2.49. The predicted octanol–water partition coefficient (Wildman–Crippen LogP) is 2.27. The van der Waals surface area contributed by atoms with Crippen molar-refractivity contribution in [2.24, 2.45) is 11.3 Å². The van der Waals surface area contributed by atoms with E-state index in [1.165, 1.54) is 6.42 Å². The molecule has 5 rings (SSSR count). The van der Waals surface area contributed by atoms with Crippen LogP contribution in [0.1, 0.15) is 50.3 Å². The van der Waals surface area contributed by atoms with Gasteiger partial charge in [0.1, 0.15) is 11.4 Å². The van der Waals surface area contributed by atoms with Crippen LogP contribution in [0.25, 0.3) is 5.69 Å². The van der Waals surface area contributed by atoms with E-state index in [0.717, 1.165) is 62.4 Å². The lowest BCUT2D eigenvalue weighted by Gasteiger charge is -2.37. The van der Waals surface area contributed by atoms with Gasteiger partial charge in [-0.25, -0.2) is 0 Å². The molecule has 0 radical (unpaired) electrons. The number of nitrogens with zero attached hydrogens (tertiary/aromatic N) is 4. The lowest BCUT2D eigenvalue weighted by atomic mass is 9.67. The highest BCUT2D eigenvalue weighted by Crippen LogP contribution is 2.45. The molecule has 1 saturated heterocycles. The van der Waals surface area contributed by atoms with Gasteiger partial charge in [0.25, 0.3) is 0 Å². The fourth-order valence-electron chi connectivity index (χ4n) is 4.84. The van der Waals surface area contributed by atoms with Gasteiger partial charge in [0.15, 0.2) is 5.82 Å². The van der Waals surface area contributed by atoms with Gasteiger partial charge in [-0.3, -0.25) is 4.79 Å². The zero-order chi connectivity index (χ0) is 19.1. The van der Waals surface area contributed by atoms with Gasteiger partial charge in [-0.2, -0.15) is 4.68 Å². The van der Waals surface area contributed by atoms with E-state index in [1.54, 1.807) is 11.8 Å². The van der Waals surface area contributed by atoms with E-state index in [4.69, 9.17) is 4.74 Å². The van der Waals surface area contributed by atoms with Crippen LogP contribution >= 0.6 is 0 Å². The first-order valence-electron chi connectivity index (χ1n) is 10.2. The summed E-state index contributed by atoms with van der Waals surface area (Å²) < 4.78 is 7.27. The molecule has 0 bridgehead atoms. The molecule has 2 aromatic rings. The number of methoxy groups -OCH3 is 1. The van der Waals surface area contributed by atoms with Gasteiger partial charge in [0.05, 0.1) is 12.5 Å². The van der Waals surface area contributed by atoms with Gasteiger partial charge in [0, 0.05) is 18.2 Å². The average molecular weight is 382 g/mol. The average Bonchev–Trinajstić information content (AvgIpc) is 3.28. The Balaban J connectivity index is 1.44. The first-order chi connectivity index (χ1) is 13.7. The van der Waals surface area contributed by atoms with Crippen molar-refractivity contribution in [3.63, 3.8) is 0 Å². The van der Waals surface area contributed by atoms with Gasteiger partial charge < -0.3 is 15.4 Å². The maximum Gasteiger partial charge on any atom is 0.232 e. The van der Waals surface area contributed by atoms with E-state index in [0.29, 0.717) is 17.6 Å². The minimum Gasteiger partial charge on any atom is -0.494 e. The Bertz CT molecular complexity index is 893. The van der Waals surface area contributed by atoms with E-state index in [9.17, 15) is 4.79 Å². The molecule has 2 N–H and O–H groups in total. The second-order valence-electron chi connectivity index (χ2n) is 8.29. The third kappa shape index (κ3) is 2.87. The number of aromatic nitrogens is 4. The van der Waals surface area contributed by atoms with Crippen LogP contribution in [0.2, 0.25) is 0 Å². The second kappa shape index (κ2) is 6.84. The minimum atomic E-state index is -0.285. The Labute approximate surface area is 164 Å². The van der Waals surface area contributed by atoms with E-state index in [-0.39, 0.29) is 11.3 Å². The molecule has 0 unspecified atom stereocenters. The number of fused-ring (bicyclic) bond motifs is 1. The minimum absolute atomic E-state index is 0.123. The maximum absolute atomic E-state index is 13.3. The summed E-state index contributed by atoms with van der Waals surface area (Å²) in [5.41, 5.74) is 1.23. The number of hydrogen-bond donors (Lipinski definition) is 2. The Morgan fingerprint density at radius 1 is 1.32 bits per heavy atom. The van der Waals surface area contributed by atoms with Crippen LogP contribution in [-0.2, 0) is 4.79 Å². The topological polar surface area (TPSA) is 94.0 Å². The summed E-state index contributed by atoms with van der Waals surface area (Å²) in [6, 6.07) is 5.67. The lowest BCUT2D eigenvalue weighted by molar-refractivity contribution is -0.128. The second-order valence-corrected chi connectivity index (χ2v) is 8.29.